The molecule has 0 radical (unpaired) electrons. The fourth-order valence-corrected chi connectivity index (χ4v) is 1.65. The van der Waals surface area contributed by atoms with Crippen LogP contribution in [0.5, 0.6) is 0 Å². The summed E-state index contributed by atoms with van der Waals surface area (Å²) in [6, 6.07) is 1.75. The van der Waals surface area contributed by atoms with Crippen molar-refractivity contribution in [2.45, 2.75) is 46.3 Å². The van der Waals surface area contributed by atoms with Crippen LogP contribution in [0.15, 0.2) is 12.3 Å². The van der Waals surface area contributed by atoms with Crippen molar-refractivity contribution in [1.82, 2.24) is 9.78 Å². The molecule has 0 atom stereocenters. The maximum absolute atomic E-state index is 12.2. The monoisotopic (exact) mass is 224 g/mol. The lowest BCUT2D eigenvalue weighted by Crippen LogP contribution is -2.36. The van der Waals surface area contributed by atoms with Gasteiger partial charge in [0.1, 0.15) is 11.3 Å². The molecule has 0 fully saturated rings. The van der Waals surface area contributed by atoms with E-state index in [0.717, 1.165) is 13.0 Å². The van der Waals surface area contributed by atoms with Crippen LogP contribution in [0.2, 0.25) is 0 Å². The van der Waals surface area contributed by atoms with Crippen molar-refractivity contribution in [3.8, 4) is 0 Å². The fourth-order valence-electron chi connectivity index (χ4n) is 1.65. The molecule has 0 unspecified atom stereocenters. The van der Waals surface area contributed by atoms with Gasteiger partial charge in [-0.2, -0.15) is 5.10 Å². The minimum absolute atomic E-state index is 0.0136. The third-order valence-corrected chi connectivity index (χ3v) is 2.44. The average Bonchev–Trinajstić information content (AvgIpc) is 2.65. The van der Waals surface area contributed by atoms with Crippen LogP contribution in [0.4, 0.5) is 0 Å². The molecule has 0 saturated carbocycles. The van der Waals surface area contributed by atoms with Gasteiger partial charge in [-0.1, -0.05) is 6.92 Å². The zero-order valence-corrected chi connectivity index (χ0v) is 10.5. The highest BCUT2D eigenvalue weighted by Crippen LogP contribution is 2.17. The van der Waals surface area contributed by atoms with E-state index in [0.29, 0.717) is 12.3 Å². The summed E-state index contributed by atoms with van der Waals surface area (Å²) in [4.78, 5) is 12.2. The number of Topliss-reactive ketones (excluding diaryl/α,β-unsaturated/α-hetero) is 1. The molecule has 0 N–H and O–H groups in total. The van der Waals surface area contributed by atoms with E-state index in [9.17, 15) is 4.79 Å². The topological polar surface area (TPSA) is 44.1 Å². The quantitative estimate of drug-likeness (QED) is 0.696. The van der Waals surface area contributed by atoms with Gasteiger partial charge in [-0.25, -0.2) is 0 Å². The maximum Gasteiger partial charge on any atom is 0.211 e. The Morgan fingerprint density at radius 3 is 2.75 bits per heavy atom. The van der Waals surface area contributed by atoms with Gasteiger partial charge in [0.15, 0.2) is 0 Å². The van der Waals surface area contributed by atoms with E-state index in [4.69, 9.17) is 4.74 Å². The number of rotatable bonds is 6. The van der Waals surface area contributed by atoms with E-state index in [1.807, 2.05) is 6.92 Å². The number of aryl methyl sites for hydroxylation is 1. The van der Waals surface area contributed by atoms with E-state index in [1.54, 1.807) is 30.8 Å². The van der Waals surface area contributed by atoms with Crippen molar-refractivity contribution in [1.29, 1.82) is 0 Å². The zero-order valence-electron chi connectivity index (χ0n) is 10.5. The molecular formula is C12H20N2O2. The summed E-state index contributed by atoms with van der Waals surface area (Å²) >= 11 is 0. The van der Waals surface area contributed by atoms with Gasteiger partial charge in [0.05, 0.1) is 0 Å². The molecular weight excluding hydrogens is 204 g/mol. The molecule has 4 nitrogen and oxygen atoms in total. The summed E-state index contributed by atoms with van der Waals surface area (Å²) in [7, 11) is 0. The van der Waals surface area contributed by atoms with E-state index in [-0.39, 0.29) is 5.78 Å². The first-order valence-electron chi connectivity index (χ1n) is 5.73. The number of nitrogens with zero attached hydrogens (tertiary/aromatic N) is 2. The van der Waals surface area contributed by atoms with Gasteiger partial charge in [0.2, 0.25) is 5.78 Å². The molecule has 0 aliphatic heterocycles. The lowest BCUT2D eigenvalue weighted by atomic mass is 10.0. The largest absolute Gasteiger partial charge is 0.368 e. The first-order chi connectivity index (χ1) is 7.53. The molecule has 90 valence electrons. The number of carbonyl (C=O) groups is 1. The Morgan fingerprint density at radius 1 is 1.50 bits per heavy atom. The van der Waals surface area contributed by atoms with Crippen molar-refractivity contribution in [3.63, 3.8) is 0 Å². The molecule has 1 aromatic rings. The molecule has 1 aromatic heterocycles. The predicted octanol–water partition coefficient (Wildman–Crippen LogP) is 2.29. The summed E-state index contributed by atoms with van der Waals surface area (Å²) in [5.41, 5.74) is -0.152. The van der Waals surface area contributed by atoms with Crippen LogP contribution in [-0.4, -0.2) is 27.8 Å². The van der Waals surface area contributed by atoms with E-state index >= 15 is 0 Å². The molecule has 0 aliphatic carbocycles. The molecule has 0 spiro atoms. The van der Waals surface area contributed by atoms with Crippen LogP contribution in [0.3, 0.4) is 0 Å². The highest BCUT2D eigenvalue weighted by Gasteiger charge is 2.31. The Balaban J connectivity index is 2.91. The molecule has 0 saturated heterocycles. The molecule has 0 amide bonds. The zero-order chi connectivity index (χ0) is 12.2. The third-order valence-electron chi connectivity index (χ3n) is 2.44. The lowest BCUT2D eigenvalue weighted by Gasteiger charge is -2.23. The number of aromatic nitrogens is 2. The molecule has 0 aromatic carbocycles. The van der Waals surface area contributed by atoms with Crippen LogP contribution >= 0.6 is 0 Å². The van der Waals surface area contributed by atoms with Gasteiger partial charge in [0.25, 0.3) is 0 Å². The van der Waals surface area contributed by atoms with Gasteiger partial charge in [-0.05, 0) is 33.3 Å². The van der Waals surface area contributed by atoms with Crippen molar-refractivity contribution in [2.75, 3.05) is 6.61 Å². The SMILES string of the molecule is CCCn1nccc1C(=O)C(C)(C)OCC. The van der Waals surface area contributed by atoms with Crippen molar-refractivity contribution >= 4 is 5.78 Å². The Labute approximate surface area is 96.6 Å². The summed E-state index contributed by atoms with van der Waals surface area (Å²) < 4.78 is 7.20. The number of hydrogen-bond acceptors (Lipinski definition) is 3. The number of hydrogen-bond donors (Lipinski definition) is 0. The number of ether oxygens (including phenoxy) is 1. The van der Waals surface area contributed by atoms with Crippen molar-refractivity contribution in [2.24, 2.45) is 0 Å². The minimum Gasteiger partial charge on any atom is -0.368 e. The van der Waals surface area contributed by atoms with Crippen LogP contribution < -0.4 is 0 Å². The van der Waals surface area contributed by atoms with Gasteiger partial charge in [0, 0.05) is 19.3 Å². The van der Waals surface area contributed by atoms with E-state index in [1.165, 1.54) is 0 Å². The fraction of sp³-hybridized carbons (Fsp3) is 0.667. The first-order valence-corrected chi connectivity index (χ1v) is 5.73. The second-order valence-electron chi connectivity index (χ2n) is 4.21. The van der Waals surface area contributed by atoms with Gasteiger partial charge < -0.3 is 4.74 Å². The smallest absolute Gasteiger partial charge is 0.211 e. The third kappa shape index (κ3) is 2.70. The number of carbonyl (C=O) groups excluding carboxylic acids is 1. The first kappa shape index (κ1) is 12.9. The van der Waals surface area contributed by atoms with Crippen molar-refractivity contribution in [3.05, 3.63) is 18.0 Å². The number of ketones is 1. The van der Waals surface area contributed by atoms with Gasteiger partial charge in [-0.15, -0.1) is 0 Å². The van der Waals surface area contributed by atoms with E-state index in [2.05, 4.69) is 12.0 Å². The Bertz CT molecular complexity index is 356. The molecule has 0 aliphatic rings. The second-order valence-corrected chi connectivity index (χ2v) is 4.21. The molecule has 1 rings (SSSR count). The summed E-state index contributed by atoms with van der Waals surface area (Å²) in [5, 5.41) is 4.14. The summed E-state index contributed by atoms with van der Waals surface area (Å²) in [6.07, 6.45) is 2.61. The maximum atomic E-state index is 12.2. The van der Waals surface area contributed by atoms with Crippen molar-refractivity contribution < 1.29 is 9.53 Å². The molecule has 4 heteroatoms. The Hall–Kier alpha value is -1.16. The second kappa shape index (κ2) is 5.25. The Morgan fingerprint density at radius 2 is 2.19 bits per heavy atom. The molecule has 16 heavy (non-hydrogen) atoms. The summed E-state index contributed by atoms with van der Waals surface area (Å²) in [6.45, 7) is 8.82. The Kier molecular flexibility index (Phi) is 4.24. The van der Waals surface area contributed by atoms with Gasteiger partial charge >= 0.3 is 0 Å². The van der Waals surface area contributed by atoms with Crippen LogP contribution in [-0.2, 0) is 11.3 Å². The van der Waals surface area contributed by atoms with Crippen LogP contribution in [0, 0.1) is 0 Å². The summed E-state index contributed by atoms with van der Waals surface area (Å²) in [5.74, 6) is -0.0136. The molecule has 1 heterocycles. The highest BCUT2D eigenvalue weighted by molar-refractivity contribution is 6.00. The van der Waals surface area contributed by atoms with Crippen LogP contribution in [0.25, 0.3) is 0 Å². The van der Waals surface area contributed by atoms with E-state index < -0.39 is 5.60 Å². The van der Waals surface area contributed by atoms with Gasteiger partial charge in [-0.3, -0.25) is 9.48 Å². The minimum atomic E-state index is -0.778. The lowest BCUT2D eigenvalue weighted by molar-refractivity contribution is 0.000455. The van der Waals surface area contributed by atoms with Crippen LogP contribution in [0.1, 0.15) is 44.6 Å². The average molecular weight is 224 g/mol. The highest BCUT2D eigenvalue weighted by atomic mass is 16.5. The molecule has 0 bridgehead atoms. The standard InChI is InChI=1S/C12H20N2O2/c1-5-9-14-10(7-8-13-14)11(15)12(3,4)16-6-2/h7-8H,5-6,9H2,1-4H3. The predicted molar refractivity (Wildman–Crippen MR) is 62.6 cm³/mol. The normalized spacial score (nSPS) is 11.8.